The van der Waals surface area contributed by atoms with Crippen molar-refractivity contribution in [3.63, 3.8) is 0 Å². The summed E-state index contributed by atoms with van der Waals surface area (Å²) in [5.74, 6) is -3.08. The Bertz CT molecular complexity index is 1200. The molecule has 164 valence electrons. The molecule has 3 aliphatic rings. The highest BCUT2D eigenvalue weighted by atomic mass is 32.2. The van der Waals surface area contributed by atoms with Gasteiger partial charge in [0.2, 0.25) is 23.6 Å². The number of thioether (sulfide) groups is 1. The number of fused-ring (bicyclic) bond motifs is 5. The topological polar surface area (TPSA) is 95.6 Å². The summed E-state index contributed by atoms with van der Waals surface area (Å²) < 4.78 is -1.32. The third-order valence-electron chi connectivity index (χ3n) is 6.53. The minimum atomic E-state index is -1.32. The largest absolute Gasteiger partial charge is 0.340 e. The van der Waals surface area contributed by atoms with Crippen LogP contribution >= 0.6 is 11.8 Å². The molecule has 4 unspecified atom stereocenters. The van der Waals surface area contributed by atoms with E-state index in [0.717, 1.165) is 11.1 Å². The summed E-state index contributed by atoms with van der Waals surface area (Å²) in [6.45, 7) is 5.58. The van der Waals surface area contributed by atoms with E-state index in [1.54, 1.807) is 31.2 Å². The fourth-order valence-electron chi connectivity index (χ4n) is 5.24. The molecule has 3 aliphatic heterocycles. The van der Waals surface area contributed by atoms with Gasteiger partial charge in [0.05, 0.1) is 28.8 Å². The van der Waals surface area contributed by atoms with E-state index in [-0.39, 0.29) is 24.1 Å². The summed E-state index contributed by atoms with van der Waals surface area (Å²) >= 11 is 1.24. The number of carbonyl (C=O) groups is 4. The van der Waals surface area contributed by atoms with Gasteiger partial charge in [0.15, 0.2) is 0 Å². The lowest BCUT2D eigenvalue weighted by Crippen LogP contribution is -2.57. The SMILES string of the molecule is Cc1cccc(NC(=O)CC23SC(C)(NC2=O)C2C(=O)N(c4cccc(C)c4)C(=O)C23)c1. The number of rotatable bonds is 4. The van der Waals surface area contributed by atoms with Crippen LogP contribution in [0.15, 0.2) is 48.5 Å². The monoisotopic (exact) mass is 449 g/mol. The number of hydrogen-bond acceptors (Lipinski definition) is 5. The standard InChI is InChI=1S/C24H23N3O4S/c1-13-6-4-8-15(10-13)25-17(28)12-24-19-18(23(3,32-24)26-22(24)31)20(29)27(21(19)30)16-9-5-7-14(2)11-16/h4-11,18-19H,12H2,1-3H3,(H,25,28)(H,26,31). The minimum absolute atomic E-state index is 0.186. The normalized spacial score (nSPS) is 30.5. The van der Waals surface area contributed by atoms with E-state index < -0.39 is 27.4 Å². The smallest absolute Gasteiger partial charge is 0.241 e. The Labute approximate surface area is 189 Å². The molecular weight excluding hydrogens is 426 g/mol. The molecule has 8 heteroatoms. The van der Waals surface area contributed by atoms with Crippen molar-refractivity contribution in [2.24, 2.45) is 11.8 Å². The first-order valence-corrected chi connectivity index (χ1v) is 11.3. The maximum Gasteiger partial charge on any atom is 0.241 e. The molecule has 2 aromatic rings. The zero-order chi connectivity index (χ0) is 22.8. The molecule has 0 saturated carbocycles. The van der Waals surface area contributed by atoms with Crippen molar-refractivity contribution < 1.29 is 19.2 Å². The van der Waals surface area contributed by atoms with Crippen molar-refractivity contribution in [3.8, 4) is 0 Å². The second kappa shape index (κ2) is 6.93. The molecule has 5 rings (SSSR count). The molecule has 0 aliphatic carbocycles. The van der Waals surface area contributed by atoms with Crippen LogP contribution in [-0.4, -0.2) is 33.2 Å². The average molecular weight is 450 g/mol. The van der Waals surface area contributed by atoms with E-state index in [1.807, 2.05) is 38.1 Å². The highest BCUT2D eigenvalue weighted by Crippen LogP contribution is 2.65. The van der Waals surface area contributed by atoms with Crippen LogP contribution in [0.2, 0.25) is 0 Å². The minimum Gasteiger partial charge on any atom is -0.340 e. The Hall–Kier alpha value is -3.13. The van der Waals surface area contributed by atoms with Crippen LogP contribution in [0, 0.1) is 25.7 Å². The summed E-state index contributed by atoms with van der Waals surface area (Å²) in [4.78, 5) is 53.3. The Morgan fingerprint density at radius 3 is 2.38 bits per heavy atom. The van der Waals surface area contributed by atoms with E-state index in [2.05, 4.69) is 10.6 Å². The maximum atomic E-state index is 13.6. The molecule has 4 atom stereocenters. The van der Waals surface area contributed by atoms with Gasteiger partial charge in [0.25, 0.3) is 0 Å². The van der Waals surface area contributed by atoms with Gasteiger partial charge in [-0.2, -0.15) is 0 Å². The predicted octanol–water partition coefficient (Wildman–Crippen LogP) is 2.77. The first kappa shape index (κ1) is 20.8. The number of amides is 4. The van der Waals surface area contributed by atoms with Crippen molar-refractivity contribution >= 4 is 46.8 Å². The molecule has 2 aromatic carbocycles. The molecule has 3 heterocycles. The summed E-state index contributed by atoms with van der Waals surface area (Å²) in [6, 6.07) is 14.5. The highest BCUT2D eigenvalue weighted by molar-refractivity contribution is 8.03. The van der Waals surface area contributed by atoms with Crippen LogP contribution in [0.3, 0.4) is 0 Å². The molecule has 0 radical (unpaired) electrons. The summed E-state index contributed by atoms with van der Waals surface area (Å²) in [6.07, 6.45) is -0.186. The lowest BCUT2D eigenvalue weighted by molar-refractivity contribution is -0.136. The third-order valence-corrected chi connectivity index (χ3v) is 8.26. The van der Waals surface area contributed by atoms with Gasteiger partial charge in [-0.3, -0.25) is 19.2 Å². The number of aryl methyl sites for hydroxylation is 2. The molecule has 0 spiro atoms. The number of benzene rings is 2. The van der Waals surface area contributed by atoms with Gasteiger partial charge >= 0.3 is 0 Å². The van der Waals surface area contributed by atoms with Crippen LogP contribution in [0.5, 0.6) is 0 Å². The van der Waals surface area contributed by atoms with Gasteiger partial charge in [-0.25, -0.2) is 4.90 Å². The van der Waals surface area contributed by atoms with Crippen molar-refractivity contribution in [2.45, 2.75) is 36.8 Å². The molecule has 32 heavy (non-hydrogen) atoms. The molecule has 4 amide bonds. The van der Waals surface area contributed by atoms with Crippen molar-refractivity contribution in [1.29, 1.82) is 0 Å². The van der Waals surface area contributed by atoms with E-state index in [1.165, 1.54) is 16.7 Å². The van der Waals surface area contributed by atoms with Crippen LogP contribution in [-0.2, 0) is 19.2 Å². The van der Waals surface area contributed by atoms with Gasteiger partial charge in [0.1, 0.15) is 4.75 Å². The average Bonchev–Trinajstić information content (AvgIpc) is 3.23. The molecule has 2 bridgehead atoms. The number of anilines is 2. The second-order valence-electron chi connectivity index (χ2n) is 8.95. The number of nitrogens with one attached hydrogen (secondary N) is 2. The van der Waals surface area contributed by atoms with Gasteiger partial charge in [-0.15, -0.1) is 11.8 Å². The van der Waals surface area contributed by atoms with Crippen LogP contribution in [0.25, 0.3) is 0 Å². The van der Waals surface area contributed by atoms with Gasteiger partial charge in [0, 0.05) is 5.69 Å². The molecular formula is C24H23N3O4S. The van der Waals surface area contributed by atoms with Gasteiger partial charge in [-0.1, -0.05) is 24.3 Å². The summed E-state index contributed by atoms with van der Waals surface area (Å²) in [5.41, 5.74) is 3.04. The van der Waals surface area contributed by atoms with Crippen molar-refractivity contribution in [2.75, 3.05) is 10.2 Å². The lowest BCUT2D eigenvalue weighted by Gasteiger charge is -2.32. The Balaban J connectivity index is 1.49. The number of imide groups is 1. The number of nitrogens with zero attached hydrogens (tertiary/aromatic N) is 1. The quantitative estimate of drug-likeness (QED) is 0.700. The third kappa shape index (κ3) is 2.89. The fourth-order valence-corrected chi connectivity index (χ4v) is 7.21. The van der Waals surface area contributed by atoms with Crippen molar-refractivity contribution in [3.05, 3.63) is 59.7 Å². The lowest BCUT2D eigenvalue weighted by atomic mass is 9.74. The molecule has 0 aromatic heterocycles. The molecule has 7 nitrogen and oxygen atoms in total. The highest BCUT2D eigenvalue weighted by Gasteiger charge is 2.77. The van der Waals surface area contributed by atoms with Crippen LogP contribution in [0.4, 0.5) is 11.4 Å². The predicted molar refractivity (Wildman–Crippen MR) is 122 cm³/mol. The Kier molecular flexibility index (Phi) is 4.50. The van der Waals surface area contributed by atoms with Crippen molar-refractivity contribution in [1.82, 2.24) is 5.32 Å². The zero-order valence-electron chi connectivity index (χ0n) is 18.0. The molecule has 3 fully saturated rings. The van der Waals surface area contributed by atoms with E-state index in [4.69, 9.17) is 0 Å². The number of carbonyl (C=O) groups excluding carboxylic acids is 4. The second-order valence-corrected chi connectivity index (χ2v) is 10.7. The molecule has 2 N–H and O–H groups in total. The van der Waals surface area contributed by atoms with Crippen LogP contribution in [0.1, 0.15) is 24.5 Å². The van der Waals surface area contributed by atoms with Gasteiger partial charge in [-0.05, 0) is 56.2 Å². The van der Waals surface area contributed by atoms with E-state index in [0.29, 0.717) is 11.4 Å². The Morgan fingerprint density at radius 2 is 1.69 bits per heavy atom. The Morgan fingerprint density at radius 1 is 1.03 bits per heavy atom. The first-order valence-electron chi connectivity index (χ1n) is 10.5. The fraction of sp³-hybridized carbons (Fsp3) is 0.333. The number of piperidine rings is 1. The van der Waals surface area contributed by atoms with E-state index in [9.17, 15) is 19.2 Å². The number of hydrogen-bond donors (Lipinski definition) is 2. The van der Waals surface area contributed by atoms with E-state index >= 15 is 0 Å². The molecule has 3 saturated heterocycles. The summed E-state index contributed by atoms with van der Waals surface area (Å²) in [5, 5.41) is 5.73. The maximum absolute atomic E-state index is 13.6. The zero-order valence-corrected chi connectivity index (χ0v) is 18.8. The summed E-state index contributed by atoms with van der Waals surface area (Å²) in [7, 11) is 0. The first-order chi connectivity index (χ1) is 15.1. The van der Waals surface area contributed by atoms with Crippen LogP contribution < -0.4 is 15.5 Å². The van der Waals surface area contributed by atoms with Gasteiger partial charge < -0.3 is 10.6 Å².